The van der Waals surface area contributed by atoms with Gasteiger partial charge in [0, 0.05) is 25.1 Å². The number of para-hydroxylation sites is 1. The number of nitrogens with one attached hydrogen (secondary N) is 1. The highest BCUT2D eigenvalue weighted by Crippen LogP contribution is 2.50. The molecule has 6 heteroatoms. The van der Waals surface area contributed by atoms with Crippen LogP contribution in [0.3, 0.4) is 0 Å². The predicted octanol–water partition coefficient (Wildman–Crippen LogP) is 2.32. The van der Waals surface area contributed by atoms with Crippen LogP contribution in [0.1, 0.15) is 25.5 Å². The van der Waals surface area contributed by atoms with E-state index in [9.17, 15) is 0 Å². The highest BCUT2D eigenvalue weighted by Gasteiger charge is 2.53. The van der Waals surface area contributed by atoms with Gasteiger partial charge in [0.25, 0.3) is 0 Å². The van der Waals surface area contributed by atoms with Gasteiger partial charge in [0.1, 0.15) is 0 Å². The molecule has 0 unspecified atom stereocenters. The zero-order chi connectivity index (χ0) is 15.9. The Labute approximate surface area is 136 Å². The quantitative estimate of drug-likeness (QED) is 0.858. The van der Waals surface area contributed by atoms with Crippen molar-refractivity contribution in [3.63, 3.8) is 0 Å². The molecule has 1 aromatic rings. The predicted molar refractivity (Wildman–Crippen MR) is 88.2 cm³/mol. The first-order chi connectivity index (χ1) is 10.5. The molecule has 0 spiro atoms. The molecule has 3 rings (SSSR count). The van der Waals surface area contributed by atoms with Gasteiger partial charge in [0.05, 0.1) is 19.8 Å². The lowest BCUT2D eigenvalue weighted by Crippen LogP contribution is -2.69. The minimum atomic E-state index is -0.521. The summed E-state index contributed by atoms with van der Waals surface area (Å²) in [5.74, 6) is 1.78. The van der Waals surface area contributed by atoms with Crippen molar-refractivity contribution in [3.05, 3.63) is 23.8 Å². The fourth-order valence-corrected chi connectivity index (χ4v) is 3.75. The first-order valence-corrected chi connectivity index (χ1v) is 7.86. The van der Waals surface area contributed by atoms with Gasteiger partial charge >= 0.3 is 0 Å². The van der Waals surface area contributed by atoms with E-state index in [4.69, 9.17) is 26.4 Å². The van der Waals surface area contributed by atoms with Crippen molar-refractivity contribution >= 4 is 17.3 Å². The number of methoxy groups -OCH3 is 2. The highest BCUT2D eigenvalue weighted by atomic mass is 32.1. The van der Waals surface area contributed by atoms with Crippen LogP contribution >= 0.6 is 12.2 Å². The SMILES string of the molecule is COCCN1C(=S)N[C@H]2c3cccc(OC)c3O[C@@]1(C)[C@H]2C. The lowest BCUT2D eigenvalue weighted by atomic mass is 9.81. The van der Waals surface area contributed by atoms with Crippen molar-refractivity contribution in [1.29, 1.82) is 0 Å². The first-order valence-electron chi connectivity index (χ1n) is 7.46. The molecule has 0 amide bonds. The summed E-state index contributed by atoms with van der Waals surface area (Å²) in [6.07, 6.45) is 0. The summed E-state index contributed by atoms with van der Waals surface area (Å²) in [6.45, 7) is 5.54. The van der Waals surface area contributed by atoms with Crippen LogP contribution in [0.15, 0.2) is 18.2 Å². The summed E-state index contributed by atoms with van der Waals surface area (Å²) < 4.78 is 17.1. The van der Waals surface area contributed by atoms with Gasteiger partial charge in [-0.25, -0.2) is 0 Å². The molecule has 2 aliphatic rings. The Morgan fingerprint density at radius 2 is 2.18 bits per heavy atom. The van der Waals surface area contributed by atoms with Gasteiger partial charge in [-0.1, -0.05) is 19.1 Å². The molecular weight excluding hydrogens is 300 g/mol. The molecule has 3 atom stereocenters. The van der Waals surface area contributed by atoms with Crippen LogP contribution in [-0.4, -0.2) is 43.1 Å². The summed E-state index contributed by atoms with van der Waals surface area (Å²) in [6, 6.07) is 6.10. The van der Waals surface area contributed by atoms with E-state index >= 15 is 0 Å². The van der Waals surface area contributed by atoms with E-state index in [0.29, 0.717) is 18.3 Å². The number of rotatable bonds is 4. The van der Waals surface area contributed by atoms with Gasteiger partial charge in [-0.05, 0) is 25.2 Å². The summed E-state index contributed by atoms with van der Waals surface area (Å²) in [4.78, 5) is 2.07. The van der Waals surface area contributed by atoms with Crippen molar-refractivity contribution in [2.24, 2.45) is 5.92 Å². The highest BCUT2D eigenvalue weighted by molar-refractivity contribution is 7.80. The van der Waals surface area contributed by atoms with Gasteiger partial charge in [-0.3, -0.25) is 0 Å². The van der Waals surface area contributed by atoms with Crippen LogP contribution in [0.25, 0.3) is 0 Å². The number of hydrogen-bond donors (Lipinski definition) is 1. The second kappa shape index (κ2) is 5.59. The normalized spacial score (nSPS) is 29.5. The van der Waals surface area contributed by atoms with E-state index in [1.54, 1.807) is 14.2 Å². The third kappa shape index (κ3) is 2.13. The Kier molecular flexibility index (Phi) is 3.91. The molecule has 1 fully saturated rings. The van der Waals surface area contributed by atoms with E-state index in [0.717, 1.165) is 17.1 Å². The first kappa shape index (κ1) is 15.4. The third-order valence-corrected chi connectivity index (χ3v) is 5.14. The van der Waals surface area contributed by atoms with E-state index in [1.807, 2.05) is 12.1 Å². The number of hydrogen-bond acceptors (Lipinski definition) is 4. The molecule has 0 aromatic heterocycles. The molecule has 0 radical (unpaired) electrons. The molecule has 2 bridgehead atoms. The monoisotopic (exact) mass is 322 g/mol. The Balaban J connectivity index is 2.06. The van der Waals surface area contributed by atoms with E-state index < -0.39 is 5.72 Å². The minimum Gasteiger partial charge on any atom is -0.493 e. The third-order valence-electron chi connectivity index (χ3n) is 4.80. The van der Waals surface area contributed by atoms with Crippen LogP contribution in [0.2, 0.25) is 0 Å². The maximum Gasteiger partial charge on any atom is 0.187 e. The van der Waals surface area contributed by atoms with Crippen molar-refractivity contribution < 1.29 is 14.2 Å². The summed E-state index contributed by atoms with van der Waals surface area (Å²) >= 11 is 5.56. The standard InChI is InChI=1S/C16H22N2O3S/c1-10-13-11-6-5-7-12(20-4)14(11)21-16(10,2)18(8-9-19-3)15(22)17-13/h5-7,10,13H,8-9H2,1-4H3,(H,17,22)/t10-,13+,16-/m0/s1. The lowest BCUT2D eigenvalue weighted by molar-refractivity contribution is -0.115. The maximum atomic E-state index is 6.42. The minimum absolute atomic E-state index is 0.121. The molecular formula is C16H22N2O3S. The van der Waals surface area contributed by atoms with Gasteiger partial charge in [-0.2, -0.15) is 0 Å². The summed E-state index contributed by atoms with van der Waals surface area (Å²) in [5, 5.41) is 4.16. The van der Waals surface area contributed by atoms with Gasteiger partial charge in [-0.15, -0.1) is 0 Å². The van der Waals surface area contributed by atoms with Crippen LogP contribution < -0.4 is 14.8 Å². The number of nitrogens with zero attached hydrogens (tertiary/aromatic N) is 1. The number of ether oxygens (including phenoxy) is 3. The molecule has 1 aromatic carbocycles. The fourth-order valence-electron chi connectivity index (χ4n) is 3.35. The Hall–Kier alpha value is -1.53. The van der Waals surface area contributed by atoms with Crippen molar-refractivity contribution in [2.45, 2.75) is 25.6 Å². The molecule has 1 saturated heterocycles. The molecule has 0 saturated carbocycles. The van der Waals surface area contributed by atoms with Crippen LogP contribution in [0.4, 0.5) is 0 Å². The number of fused-ring (bicyclic) bond motifs is 4. The van der Waals surface area contributed by atoms with Crippen LogP contribution in [-0.2, 0) is 4.74 Å². The zero-order valence-electron chi connectivity index (χ0n) is 13.4. The second-order valence-corrected chi connectivity index (χ2v) is 6.28. The zero-order valence-corrected chi connectivity index (χ0v) is 14.2. The summed E-state index contributed by atoms with van der Waals surface area (Å²) in [7, 11) is 3.35. The lowest BCUT2D eigenvalue weighted by Gasteiger charge is -2.56. The Morgan fingerprint density at radius 3 is 2.86 bits per heavy atom. The van der Waals surface area contributed by atoms with Crippen molar-refractivity contribution in [1.82, 2.24) is 10.2 Å². The Morgan fingerprint density at radius 1 is 1.41 bits per heavy atom. The molecule has 0 aliphatic carbocycles. The van der Waals surface area contributed by atoms with Crippen LogP contribution in [0, 0.1) is 5.92 Å². The van der Waals surface area contributed by atoms with E-state index in [2.05, 4.69) is 30.1 Å². The molecule has 22 heavy (non-hydrogen) atoms. The number of thiocarbonyl (C=S) groups is 1. The van der Waals surface area contributed by atoms with Gasteiger partial charge in [0.15, 0.2) is 22.3 Å². The largest absolute Gasteiger partial charge is 0.493 e. The average Bonchev–Trinajstić information content (AvgIpc) is 2.50. The molecule has 2 aliphatic heterocycles. The smallest absolute Gasteiger partial charge is 0.187 e. The molecule has 2 heterocycles. The van der Waals surface area contributed by atoms with Crippen molar-refractivity contribution in [2.75, 3.05) is 27.4 Å². The van der Waals surface area contributed by atoms with Gasteiger partial charge < -0.3 is 24.4 Å². The topological polar surface area (TPSA) is 43.0 Å². The molecule has 5 nitrogen and oxygen atoms in total. The maximum absolute atomic E-state index is 6.42. The fraction of sp³-hybridized carbons (Fsp3) is 0.562. The summed E-state index contributed by atoms with van der Waals surface area (Å²) in [5.41, 5.74) is 0.575. The second-order valence-electron chi connectivity index (χ2n) is 5.90. The Bertz CT molecular complexity index is 595. The van der Waals surface area contributed by atoms with Crippen LogP contribution in [0.5, 0.6) is 11.5 Å². The van der Waals surface area contributed by atoms with Crippen molar-refractivity contribution in [3.8, 4) is 11.5 Å². The molecule has 1 N–H and O–H groups in total. The molecule has 120 valence electrons. The van der Waals surface area contributed by atoms with E-state index in [1.165, 1.54) is 0 Å². The average molecular weight is 322 g/mol. The van der Waals surface area contributed by atoms with E-state index in [-0.39, 0.29) is 12.0 Å². The number of benzene rings is 1. The van der Waals surface area contributed by atoms with Gasteiger partial charge in [0.2, 0.25) is 0 Å².